The monoisotopic (exact) mass is 499 g/mol. The highest BCUT2D eigenvalue weighted by Gasteiger charge is 2.35. The topological polar surface area (TPSA) is 94.8 Å². The van der Waals surface area contributed by atoms with Crippen molar-refractivity contribution in [2.24, 2.45) is 4.99 Å². The van der Waals surface area contributed by atoms with E-state index in [4.69, 9.17) is 4.74 Å². The highest BCUT2D eigenvalue weighted by Crippen LogP contribution is 2.29. The molecule has 190 valence electrons. The second-order valence-corrected chi connectivity index (χ2v) is 9.91. The van der Waals surface area contributed by atoms with Crippen LogP contribution in [-0.2, 0) is 4.74 Å². The molecule has 5 rings (SSSR count). The van der Waals surface area contributed by atoms with Gasteiger partial charge >= 0.3 is 12.1 Å². The predicted molar refractivity (Wildman–Crippen MR) is 127 cm³/mol. The summed E-state index contributed by atoms with van der Waals surface area (Å²) >= 11 is 0. The van der Waals surface area contributed by atoms with Crippen molar-refractivity contribution in [1.82, 2.24) is 29.4 Å². The van der Waals surface area contributed by atoms with Crippen LogP contribution in [0.4, 0.5) is 18.4 Å². The fraction of sp³-hybridized carbons (Fsp3) is 0.417. The minimum Gasteiger partial charge on any atom is -0.444 e. The number of aryl methyl sites for hydroxylation is 1. The zero-order chi connectivity index (χ0) is 25.8. The number of ether oxygens (including phenoxy) is 1. The fourth-order valence-corrected chi connectivity index (χ4v) is 4.31. The van der Waals surface area contributed by atoms with E-state index < -0.39 is 35.5 Å². The maximum Gasteiger partial charge on any atom is 0.410 e. The average molecular weight is 500 g/mol. The standard InChI is InChI=1S/C24H27F2N7O3/c1-14-11-32-12-15(9-17(25)20(32)27-14)19-28-21-18(26)10-16(13-33(21)22(34)29-19)30-5-7-31(8-6-30)23(35)36-24(2,3)4/h9-13,19H,5-8H2,1-4H3,(H,29,34). The average Bonchev–Trinajstić information content (AvgIpc) is 3.19. The molecule has 1 fully saturated rings. The largest absolute Gasteiger partial charge is 0.444 e. The molecule has 36 heavy (non-hydrogen) atoms. The molecule has 1 atom stereocenters. The Morgan fingerprint density at radius 1 is 1.17 bits per heavy atom. The molecule has 10 nitrogen and oxygen atoms in total. The number of aliphatic imine (C=N–C) groups is 1. The van der Waals surface area contributed by atoms with Crippen LogP contribution in [0.15, 0.2) is 47.3 Å². The number of hydrogen-bond donors (Lipinski definition) is 1. The summed E-state index contributed by atoms with van der Waals surface area (Å²) in [6.07, 6.45) is 4.75. The number of nitrogens with one attached hydrogen (secondary N) is 1. The van der Waals surface area contributed by atoms with Crippen LogP contribution in [0.1, 0.15) is 38.2 Å². The molecule has 3 aliphatic heterocycles. The number of rotatable bonds is 2. The number of carbonyl (C=O) groups is 2. The number of urea groups is 1. The first-order chi connectivity index (χ1) is 17.0. The normalized spacial score (nSPS) is 20.5. The summed E-state index contributed by atoms with van der Waals surface area (Å²) in [7, 11) is 0. The van der Waals surface area contributed by atoms with Gasteiger partial charge in [0, 0.05) is 56.4 Å². The van der Waals surface area contributed by atoms with E-state index in [0.29, 0.717) is 43.1 Å². The molecule has 12 heteroatoms. The molecule has 1 unspecified atom stereocenters. The molecule has 3 aliphatic rings. The molecule has 3 amide bonds. The van der Waals surface area contributed by atoms with Gasteiger partial charge in [0.15, 0.2) is 29.3 Å². The van der Waals surface area contributed by atoms with E-state index in [2.05, 4.69) is 15.3 Å². The fourth-order valence-electron chi connectivity index (χ4n) is 4.31. The summed E-state index contributed by atoms with van der Waals surface area (Å²) in [6, 6.07) is 0.655. The van der Waals surface area contributed by atoms with Crippen molar-refractivity contribution >= 4 is 23.6 Å². The second-order valence-electron chi connectivity index (χ2n) is 9.91. The van der Waals surface area contributed by atoms with Crippen LogP contribution in [0.3, 0.4) is 0 Å². The molecule has 0 spiro atoms. The number of carbonyl (C=O) groups excluding carboxylic acids is 2. The number of amides is 3. The molecule has 0 aliphatic carbocycles. The Labute approximate surface area is 206 Å². The van der Waals surface area contributed by atoms with Gasteiger partial charge in [0.05, 0.1) is 11.4 Å². The van der Waals surface area contributed by atoms with Gasteiger partial charge in [0.1, 0.15) is 5.60 Å². The number of piperazine rings is 1. The number of aromatic nitrogens is 2. The molecular weight excluding hydrogens is 472 g/mol. The Morgan fingerprint density at radius 2 is 1.89 bits per heavy atom. The van der Waals surface area contributed by atoms with Crippen molar-refractivity contribution < 1.29 is 23.1 Å². The van der Waals surface area contributed by atoms with Crippen molar-refractivity contribution in [2.45, 2.75) is 39.5 Å². The molecule has 5 heterocycles. The summed E-state index contributed by atoms with van der Waals surface area (Å²) < 4.78 is 36.7. The van der Waals surface area contributed by atoms with Crippen LogP contribution in [-0.4, -0.2) is 73.8 Å². The lowest BCUT2D eigenvalue weighted by molar-refractivity contribution is 0.0170. The number of halogens is 2. The molecule has 0 saturated carbocycles. The highest BCUT2D eigenvalue weighted by molar-refractivity contribution is 6.09. The van der Waals surface area contributed by atoms with Crippen molar-refractivity contribution in [3.63, 3.8) is 0 Å². The number of imidazole rings is 1. The third-order valence-electron chi connectivity index (χ3n) is 5.97. The van der Waals surface area contributed by atoms with Gasteiger partial charge in [-0.05, 0) is 33.8 Å². The molecule has 0 radical (unpaired) electrons. The van der Waals surface area contributed by atoms with Crippen molar-refractivity contribution in [3.05, 3.63) is 59.3 Å². The first kappa shape index (κ1) is 23.8. The zero-order valence-electron chi connectivity index (χ0n) is 20.5. The lowest BCUT2D eigenvalue weighted by Crippen LogP contribution is -2.51. The van der Waals surface area contributed by atoms with Crippen LogP contribution in [0.2, 0.25) is 0 Å². The number of pyridine rings is 1. The Hall–Kier alpha value is -3.96. The van der Waals surface area contributed by atoms with Crippen LogP contribution in [0, 0.1) is 12.7 Å². The first-order valence-corrected chi connectivity index (χ1v) is 11.6. The molecule has 1 saturated heterocycles. The Kier molecular flexibility index (Phi) is 5.68. The second kappa shape index (κ2) is 8.61. The number of fused-ring (bicyclic) bond motifs is 2. The van der Waals surface area contributed by atoms with Crippen LogP contribution < -0.4 is 5.32 Å². The SMILES string of the molecule is Cc1cn2cc(C3N=C4C(F)=CC(N5CCN(C(=O)OC(C)(C)C)CC5)=CN4C(=O)N3)cc(F)c2n1. The third-order valence-corrected chi connectivity index (χ3v) is 5.97. The summed E-state index contributed by atoms with van der Waals surface area (Å²) in [5.74, 6) is -1.39. The minimum atomic E-state index is -0.961. The van der Waals surface area contributed by atoms with Gasteiger partial charge in [-0.25, -0.2) is 33.2 Å². The van der Waals surface area contributed by atoms with Crippen LogP contribution in [0.25, 0.3) is 5.65 Å². The summed E-state index contributed by atoms with van der Waals surface area (Å²) in [5.41, 5.74) is 1.07. The van der Waals surface area contributed by atoms with Gasteiger partial charge in [-0.3, -0.25) is 0 Å². The minimum absolute atomic E-state index is 0.151. The molecule has 0 aromatic carbocycles. The third kappa shape index (κ3) is 4.50. The molecular formula is C24H27F2N7O3. The Balaban J connectivity index is 1.33. The van der Waals surface area contributed by atoms with Crippen molar-refractivity contribution in [1.29, 1.82) is 0 Å². The summed E-state index contributed by atoms with van der Waals surface area (Å²) in [6.45, 7) is 8.87. The molecule has 1 N–H and O–H groups in total. The van der Waals surface area contributed by atoms with Crippen LogP contribution in [0.5, 0.6) is 0 Å². The van der Waals surface area contributed by atoms with E-state index in [1.165, 1.54) is 22.7 Å². The maximum atomic E-state index is 15.2. The van der Waals surface area contributed by atoms with Gasteiger partial charge in [-0.1, -0.05) is 0 Å². The lowest BCUT2D eigenvalue weighted by atomic mass is 10.1. The van der Waals surface area contributed by atoms with Gasteiger partial charge in [-0.2, -0.15) is 0 Å². The summed E-state index contributed by atoms with van der Waals surface area (Å²) in [4.78, 5) is 38.3. The first-order valence-electron chi connectivity index (χ1n) is 11.6. The van der Waals surface area contributed by atoms with E-state index >= 15 is 4.39 Å². The van der Waals surface area contributed by atoms with E-state index in [1.807, 2.05) is 25.7 Å². The van der Waals surface area contributed by atoms with E-state index in [-0.39, 0.29) is 11.5 Å². The molecule has 2 aromatic heterocycles. The Morgan fingerprint density at radius 3 is 2.58 bits per heavy atom. The van der Waals surface area contributed by atoms with Gasteiger partial charge in [0.2, 0.25) is 0 Å². The zero-order valence-corrected chi connectivity index (χ0v) is 20.5. The number of nitrogens with zero attached hydrogens (tertiary/aromatic N) is 6. The van der Waals surface area contributed by atoms with Crippen molar-refractivity contribution in [3.8, 4) is 0 Å². The number of allylic oxidation sites excluding steroid dienone is 1. The molecule has 2 aromatic rings. The highest BCUT2D eigenvalue weighted by atomic mass is 19.1. The Bertz CT molecular complexity index is 1330. The quantitative estimate of drug-likeness (QED) is 0.683. The van der Waals surface area contributed by atoms with Gasteiger partial charge in [-0.15, -0.1) is 0 Å². The van der Waals surface area contributed by atoms with Crippen molar-refractivity contribution in [2.75, 3.05) is 26.2 Å². The van der Waals surface area contributed by atoms with Crippen LogP contribution >= 0.6 is 0 Å². The van der Waals surface area contributed by atoms with Gasteiger partial charge < -0.3 is 24.3 Å². The predicted octanol–water partition coefficient (Wildman–Crippen LogP) is 3.47. The lowest BCUT2D eigenvalue weighted by Gasteiger charge is -2.39. The van der Waals surface area contributed by atoms with E-state index in [0.717, 1.165) is 4.90 Å². The number of amidine groups is 1. The van der Waals surface area contributed by atoms with E-state index in [9.17, 15) is 14.0 Å². The smallest absolute Gasteiger partial charge is 0.410 e. The maximum absolute atomic E-state index is 15.2. The van der Waals surface area contributed by atoms with E-state index in [1.54, 1.807) is 24.2 Å². The summed E-state index contributed by atoms with van der Waals surface area (Å²) in [5, 5.41) is 2.69. The van der Waals surface area contributed by atoms with Gasteiger partial charge in [0.25, 0.3) is 0 Å². The number of hydrogen-bond acceptors (Lipinski definition) is 6. The molecule has 0 bridgehead atoms.